The Balaban J connectivity index is 1.46. The van der Waals surface area contributed by atoms with Crippen LogP contribution in [0.2, 0.25) is 0 Å². The van der Waals surface area contributed by atoms with Gasteiger partial charge in [-0.1, -0.05) is 177 Å². The fourth-order valence-electron chi connectivity index (χ4n) is 8.15. The van der Waals surface area contributed by atoms with E-state index in [4.69, 9.17) is 11.2 Å². The van der Waals surface area contributed by atoms with E-state index in [1.807, 2.05) is 30.4 Å². The highest BCUT2D eigenvalue weighted by atomic mass is 16.5. The Morgan fingerprint density at radius 2 is 1.31 bits per heavy atom. The van der Waals surface area contributed by atoms with E-state index < -0.39 is 5.41 Å². The Morgan fingerprint density at radius 1 is 0.656 bits per heavy atom. The highest BCUT2D eigenvalue weighted by molar-refractivity contribution is 5.91. The number of hydrogen-bond donors (Lipinski definition) is 0. The number of terminal acetylenes is 1. The Kier molecular flexibility index (Phi) is 13.2. The van der Waals surface area contributed by atoms with Crippen LogP contribution in [0.25, 0.3) is 27.8 Å². The van der Waals surface area contributed by atoms with Gasteiger partial charge < -0.3 is 9.64 Å². The summed E-state index contributed by atoms with van der Waals surface area (Å²) in [6.45, 7) is 14.0. The number of benzene rings is 6. The maximum absolute atomic E-state index is 6.86. The number of hydrogen-bond acceptors (Lipinski definition) is 2. The molecule has 0 saturated carbocycles. The van der Waals surface area contributed by atoms with Crippen molar-refractivity contribution in [2.24, 2.45) is 0 Å². The predicted molar refractivity (Wildman–Crippen MR) is 261 cm³/mol. The van der Waals surface area contributed by atoms with Crippen LogP contribution in [0.1, 0.15) is 49.4 Å². The minimum absolute atomic E-state index is 0.558. The lowest BCUT2D eigenvalue weighted by atomic mass is 9.70. The molecule has 1 unspecified atom stereocenters. The third-order valence-corrected chi connectivity index (χ3v) is 11.1. The van der Waals surface area contributed by atoms with Gasteiger partial charge in [0, 0.05) is 28.0 Å². The first-order valence-electron chi connectivity index (χ1n) is 20.7. The van der Waals surface area contributed by atoms with E-state index in [-0.39, 0.29) is 0 Å². The Bertz CT molecular complexity index is 2730. The summed E-state index contributed by atoms with van der Waals surface area (Å²) < 4.78 is 6.86. The van der Waals surface area contributed by atoms with Crippen LogP contribution < -0.4 is 9.64 Å². The molecule has 298 valence electrons. The van der Waals surface area contributed by atoms with Gasteiger partial charge in [-0.3, -0.25) is 0 Å². The van der Waals surface area contributed by atoms with Crippen LogP contribution in [0.3, 0.4) is 0 Å². The Hall–Kier alpha value is -7.60. The first-order valence-corrected chi connectivity index (χ1v) is 20.7. The highest BCUT2D eigenvalue weighted by Gasteiger charge is 2.45. The number of nitrogens with zero attached hydrogens (tertiary/aromatic N) is 1. The average Bonchev–Trinajstić information content (AvgIpc) is 3.59. The van der Waals surface area contributed by atoms with Crippen molar-refractivity contribution >= 4 is 22.6 Å². The molecule has 1 atom stereocenters. The van der Waals surface area contributed by atoms with Gasteiger partial charge >= 0.3 is 0 Å². The molecule has 0 aromatic heterocycles. The molecule has 2 heteroatoms. The largest absolute Gasteiger partial charge is 0.457 e. The van der Waals surface area contributed by atoms with Crippen LogP contribution in [0.15, 0.2) is 237 Å². The molecule has 0 saturated heterocycles. The minimum atomic E-state index is -0.558. The van der Waals surface area contributed by atoms with Crippen LogP contribution in [-0.4, -0.2) is 0 Å². The number of allylic oxidation sites excluding steroid dienone is 13. The van der Waals surface area contributed by atoms with Crippen molar-refractivity contribution in [3.05, 3.63) is 259 Å². The van der Waals surface area contributed by atoms with Crippen molar-refractivity contribution in [1.82, 2.24) is 0 Å². The van der Waals surface area contributed by atoms with Gasteiger partial charge in [-0.2, -0.15) is 0 Å². The Morgan fingerprint density at radius 3 is 1.98 bits per heavy atom. The Labute approximate surface area is 362 Å². The molecule has 0 heterocycles. The van der Waals surface area contributed by atoms with Gasteiger partial charge in [-0.15, -0.1) is 6.42 Å². The second-order valence-electron chi connectivity index (χ2n) is 15.2. The average molecular weight is 790 g/mol. The summed E-state index contributed by atoms with van der Waals surface area (Å²) in [5, 5.41) is 0. The molecule has 2 nitrogen and oxygen atoms in total. The smallest absolute Gasteiger partial charge is 0.135 e. The van der Waals surface area contributed by atoms with Crippen molar-refractivity contribution in [2.45, 2.75) is 32.6 Å². The molecular weight excluding hydrogens is 739 g/mol. The molecule has 0 fully saturated rings. The molecule has 6 aromatic rings. The molecule has 0 aliphatic heterocycles. The van der Waals surface area contributed by atoms with E-state index >= 15 is 0 Å². The van der Waals surface area contributed by atoms with Gasteiger partial charge in [0.1, 0.15) is 11.5 Å². The lowest BCUT2D eigenvalue weighted by Gasteiger charge is -2.33. The van der Waals surface area contributed by atoms with E-state index in [0.29, 0.717) is 6.42 Å². The van der Waals surface area contributed by atoms with E-state index in [2.05, 4.69) is 209 Å². The molecule has 0 amide bonds. The zero-order valence-corrected chi connectivity index (χ0v) is 35.3. The van der Waals surface area contributed by atoms with Crippen LogP contribution in [0.5, 0.6) is 5.75 Å². The van der Waals surface area contributed by atoms with Crippen LogP contribution in [0.4, 0.5) is 17.1 Å². The van der Waals surface area contributed by atoms with Crippen LogP contribution >= 0.6 is 0 Å². The zero-order chi connectivity index (χ0) is 42.6. The van der Waals surface area contributed by atoms with Crippen LogP contribution in [0, 0.1) is 12.3 Å². The molecule has 7 rings (SSSR count). The van der Waals surface area contributed by atoms with Crippen molar-refractivity contribution in [2.75, 3.05) is 4.90 Å². The van der Waals surface area contributed by atoms with Gasteiger partial charge in [0.25, 0.3) is 0 Å². The molecule has 0 radical (unpaired) electrons. The summed E-state index contributed by atoms with van der Waals surface area (Å²) >= 11 is 0. The van der Waals surface area contributed by atoms with E-state index in [9.17, 15) is 0 Å². The first kappa shape index (κ1) is 41.6. The lowest BCUT2D eigenvalue weighted by molar-refractivity contribution is 0.439. The van der Waals surface area contributed by atoms with Crippen LogP contribution in [-0.2, 0) is 5.41 Å². The van der Waals surface area contributed by atoms with Gasteiger partial charge in [0.15, 0.2) is 0 Å². The number of fused-ring (bicyclic) bond motifs is 3. The molecule has 6 aromatic carbocycles. The number of ether oxygens (including phenoxy) is 1. The second-order valence-corrected chi connectivity index (χ2v) is 15.2. The monoisotopic (exact) mass is 789 g/mol. The SMILES string of the molecule is C#C/C=C\C=C/CC1(c2ccccc2)c2cc(N(c3ccc(/C(C)=C/C=C\C=C)cc3)c3ccc(-c4ccccc4)cc3)ccc2-c2c(OC(/C=C\C=C)=C(C)C)cccc21. The summed E-state index contributed by atoms with van der Waals surface area (Å²) in [4.78, 5) is 2.36. The third kappa shape index (κ3) is 8.88. The quantitative estimate of drug-likeness (QED) is 0.0584. The van der Waals surface area contributed by atoms with Crippen molar-refractivity contribution in [1.29, 1.82) is 0 Å². The van der Waals surface area contributed by atoms with Gasteiger partial charge in [0.05, 0.1) is 0 Å². The van der Waals surface area contributed by atoms with Crippen molar-refractivity contribution in [3.8, 4) is 40.3 Å². The molecule has 0 bridgehead atoms. The van der Waals surface area contributed by atoms with Gasteiger partial charge in [0.2, 0.25) is 0 Å². The minimum Gasteiger partial charge on any atom is -0.457 e. The standard InChI is InChI=1S/C59H51NO/c1-7-10-13-14-22-42-59(49-27-20-16-21-28-49)54-29-23-31-57(61-56(44(4)5)30-12-9-3)58(54)53-41-40-52(43-55(53)59)60(50-36-32-46(33-37-50)45(6)24-17-11-8-2)51-38-34-48(35-39-51)47-25-18-15-19-26-47/h1,8-41,43H,2-3,42H2,4-6H3/b13-10-,17-11-,22-14-,30-12-,45-24+. The maximum Gasteiger partial charge on any atom is 0.135 e. The van der Waals surface area contributed by atoms with Crippen molar-refractivity contribution < 1.29 is 4.74 Å². The highest BCUT2D eigenvalue weighted by Crippen LogP contribution is 2.58. The summed E-state index contributed by atoms with van der Waals surface area (Å²) in [5.74, 6) is 4.22. The maximum atomic E-state index is 6.86. The molecule has 0 N–H and O–H groups in total. The predicted octanol–water partition coefficient (Wildman–Crippen LogP) is 15.8. The fourth-order valence-corrected chi connectivity index (χ4v) is 8.15. The molecule has 0 spiro atoms. The molecular formula is C59H51NO. The number of anilines is 3. The summed E-state index contributed by atoms with van der Waals surface area (Å²) in [6.07, 6.45) is 27.8. The molecule has 1 aliphatic rings. The third-order valence-electron chi connectivity index (χ3n) is 11.1. The molecule has 1 aliphatic carbocycles. The number of rotatable bonds is 15. The second kappa shape index (κ2) is 19.4. The summed E-state index contributed by atoms with van der Waals surface area (Å²) in [6, 6.07) is 52.4. The normalized spacial score (nSPS) is 14.6. The van der Waals surface area contributed by atoms with E-state index in [1.54, 1.807) is 18.2 Å². The topological polar surface area (TPSA) is 12.5 Å². The van der Waals surface area contributed by atoms with Gasteiger partial charge in [-0.25, -0.2) is 0 Å². The fraction of sp³-hybridized carbons (Fsp3) is 0.0847. The van der Waals surface area contributed by atoms with E-state index in [1.165, 1.54) is 27.8 Å². The van der Waals surface area contributed by atoms with Crippen molar-refractivity contribution in [3.63, 3.8) is 0 Å². The molecule has 61 heavy (non-hydrogen) atoms. The zero-order valence-electron chi connectivity index (χ0n) is 35.3. The van der Waals surface area contributed by atoms with Gasteiger partial charge in [-0.05, 0) is 132 Å². The first-order chi connectivity index (χ1) is 29.9. The summed E-state index contributed by atoms with van der Waals surface area (Å²) in [7, 11) is 0. The van der Waals surface area contributed by atoms with E-state index in [0.717, 1.165) is 56.4 Å². The lowest BCUT2D eigenvalue weighted by Crippen LogP contribution is -2.26. The summed E-state index contributed by atoms with van der Waals surface area (Å²) in [5.41, 5.74) is 14.1.